The van der Waals surface area contributed by atoms with Gasteiger partial charge in [-0.05, 0) is 6.92 Å². The van der Waals surface area contributed by atoms with Crippen LogP contribution in [0.1, 0.15) is 36.9 Å². The molecule has 1 aromatic heterocycles. The fraction of sp³-hybridized carbons (Fsp3) is 0.667. The van der Waals surface area contributed by atoms with E-state index in [0.717, 1.165) is 0 Å². The normalized spacial score (nSPS) is 19.4. The predicted octanol–water partition coefficient (Wildman–Crippen LogP) is 3.42. The van der Waals surface area contributed by atoms with Gasteiger partial charge in [-0.15, -0.1) is 0 Å². The molecule has 0 amide bonds. The van der Waals surface area contributed by atoms with Gasteiger partial charge in [-0.3, -0.25) is 0 Å². The van der Waals surface area contributed by atoms with Crippen LogP contribution in [0.3, 0.4) is 0 Å². The number of alkyl halides is 5. The summed E-state index contributed by atoms with van der Waals surface area (Å²) in [5.41, 5.74) is 0.945. The number of nitrogens with zero attached hydrogens (tertiary/aromatic N) is 3. The molecule has 1 fully saturated rings. The lowest BCUT2D eigenvalue weighted by molar-refractivity contribution is -0.209. The minimum Gasteiger partial charge on any atom is -0.377 e. The Bertz CT molecular complexity index is 586. The van der Waals surface area contributed by atoms with Gasteiger partial charge in [0.25, 0.3) is 5.92 Å². The number of likely N-dealkylation sites (tertiary alicyclic amines) is 1. The number of aliphatic hydroxyl groups is 1. The molecule has 2 heterocycles. The van der Waals surface area contributed by atoms with E-state index < -0.39 is 24.0 Å². The van der Waals surface area contributed by atoms with E-state index in [-0.39, 0.29) is 32.5 Å². The number of halogens is 5. The highest BCUT2D eigenvalue weighted by Gasteiger charge is 2.42. The van der Waals surface area contributed by atoms with Crippen LogP contribution >= 0.6 is 0 Å². The lowest BCUT2D eigenvalue weighted by atomic mass is 10.1. The second-order valence-corrected chi connectivity index (χ2v) is 6.04. The first-order chi connectivity index (χ1) is 11.0. The van der Waals surface area contributed by atoms with E-state index in [2.05, 4.69) is 11.6 Å². The van der Waals surface area contributed by atoms with Crippen LogP contribution in [0.4, 0.5) is 22.0 Å². The van der Waals surface area contributed by atoms with Gasteiger partial charge in [-0.2, -0.15) is 13.2 Å². The maximum absolute atomic E-state index is 13.1. The van der Waals surface area contributed by atoms with Crippen molar-refractivity contribution in [2.24, 2.45) is 0 Å². The maximum atomic E-state index is 13.1. The van der Waals surface area contributed by atoms with E-state index in [1.807, 2.05) is 0 Å². The van der Waals surface area contributed by atoms with Crippen LogP contribution in [0.25, 0.3) is 0 Å². The second kappa shape index (κ2) is 6.70. The first kappa shape index (κ1) is 18.7. The molecule has 1 saturated heterocycles. The molecule has 0 spiro atoms. The van der Waals surface area contributed by atoms with Crippen molar-refractivity contribution < 1.29 is 27.1 Å². The number of aryl methyl sites for hydroxylation is 2. The van der Waals surface area contributed by atoms with Gasteiger partial charge in [0, 0.05) is 50.8 Å². The van der Waals surface area contributed by atoms with Crippen LogP contribution in [-0.4, -0.2) is 44.7 Å². The topological polar surface area (TPSA) is 41.3 Å². The van der Waals surface area contributed by atoms with Crippen molar-refractivity contribution in [2.45, 2.75) is 50.9 Å². The SMILES string of the molecule is C=C(CCn1cc(C)nc1C(O)C(F)(F)F)N1CCC(F)(F)CC1. The molecule has 0 radical (unpaired) electrons. The van der Waals surface area contributed by atoms with Crippen LogP contribution in [0.2, 0.25) is 0 Å². The summed E-state index contributed by atoms with van der Waals surface area (Å²) in [7, 11) is 0. The maximum Gasteiger partial charge on any atom is 0.421 e. The van der Waals surface area contributed by atoms with Crippen LogP contribution in [0.15, 0.2) is 18.5 Å². The summed E-state index contributed by atoms with van der Waals surface area (Å²) in [6.45, 7) is 5.85. The Labute approximate surface area is 136 Å². The van der Waals surface area contributed by atoms with Crippen LogP contribution in [0.5, 0.6) is 0 Å². The van der Waals surface area contributed by atoms with Crippen molar-refractivity contribution in [3.63, 3.8) is 0 Å². The highest BCUT2D eigenvalue weighted by molar-refractivity contribution is 5.07. The number of rotatable bonds is 5. The molecule has 0 bridgehead atoms. The number of aromatic nitrogens is 2. The first-order valence-corrected chi connectivity index (χ1v) is 7.58. The van der Waals surface area contributed by atoms with Crippen LogP contribution in [0, 0.1) is 6.92 Å². The van der Waals surface area contributed by atoms with E-state index in [1.54, 1.807) is 4.90 Å². The molecule has 9 heteroatoms. The molecule has 136 valence electrons. The van der Waals surface area contributed by atoms with Crippen molar-refractivity contribution in [3.05, 3.63) is 30.0 Å². The second-order valence-electron chi connectivity index (χ2n) is 6.04. The molecule has 2 rings (SSSR count). The number of hydrogen-bond donors (Lipinski definition) is 1. The van der Waals surface area contributed by atoms with E-state index >= 15 is 0 Å². The Morgan fingerprint density at radius 2 is 1.96 bits per heavy atom. The molecular formula is C15H20F5N3O. The molecule has 1 aromatic rings. The number of aliphatic hydroxyl groups excluding tert-OH is 1. The van der Waals surface area contributed by atoms with E-state index in [1.165, 1.54) is 17.7 Å². The van der Waals surface area contributed by atoms with E-state index in [9.17, 15) is 27.1 Å². The highest BCUT2D eigenvalue weighted by Crippen LogP contribution is 2.33. The van der Waals surface area contributed by atoms with Gasteiger partial charge in [-0.25, -0.2) is 13.8 Å². The molecule has 0 aromatic carbocycles. The average molecular weight is 353 g/mol. The van der Waals surface area contributed by atoms with Gasteiger partial charge in [0.05, 0.1) is 5.69 Å². The minimum absolute atomic E-state index is 0.134. The smallest absolute Gasteiger partial charge is 0.377 e. The summed E-state index contributed by atoms with van der Waals surface area (Å²) < 4.78 is 65.6. The van der Waals surface area contributed by atoms with Crippen molar-refractivity contribution in [2.75, 3.05) is 13.1 Å². The van der Waals surface area contributed by atoms with Crippen molar-refractivity contribution in [1.29, 1.82) is 0 Å². The van der Waals surface area contributed by atoms with Gasteiger partial charge >= 0.3 is 6.18 Å². The molecule has 1 atom stereocenters. The van der Waals surface area contributed by atoms with Crippen molar-refractivity contribution in [3.8, 4) is 0 Å². The fourth-order valence-electron chi connectivity index (χ4n) is 2.67. The zero-order chi connectivity index (χ0) is 18.1. The van der Waals surface area contributed by atoms with E-state index in [4.69, 9.17) is 0 Å². The summed E-state index contributed by atoms with van der Waals surface area (Å²) in [6, 6.07) is 0. The van der Waals surface area contributed by atoms with Crippen LogP contribution < -0.4 is 0 Å². The molecule has 1 aliphatic rings. The average Bonchev–Trinajstić information content (AvgIpc) is 2.83. The molecule has 4 nitrogen and oxygen atoms in total. The Kier molecular flexibility index (Phi) is 5.22. The number of piperidine rings is 1. The summed E-state index contributed by atoms with van der Waals surface area (Å²) >= 11 is 0. The third-order valence-corrected chi connectivity index (χ3v) is 4.07. The standard InChI is InChI=1S/C15H20F5N3O/c1-10-9-23(13(21-10)12(24)15(18,19)20)6-3-11(2)22-7-4-14(16,17)5-8-22/h9,12,24H,2-8H2,1H3. The Hall–Kier alpha value is -1.64. The lowest BCUT2D eigenvalue weighted by Crippen LogP contribution is -2.38. The van der Waals surface area contributed by atoms with E-state index in [0.29, 0.717) is 17.8 Å². The Morgan fingerprint density at radius 3 is 2.50 bits per heavy atom. The number of hydrogen-bond acceptors (Lipinski definition) is 3. The van der Waals surface area contributed by atoms with Gasteiger partial charge in [0.15, 0.2) is 0 Å². The van der Waals surface area contributed by atoms with Gasteiger partial charge in [0.1, 0.15) is 5.82 Å². The third kappa shape index (κ3) is 4.46. The predicted molar refractivity (Wildman–Crippen MR) is 77.5 cm³/mol. The minimum atomic E-state index is -4.80. The van der Waals surface area contributed by atoms with Crippen molar-refractivity contribution in [1.82, 2.24) is 14.5 Å². The van der Waals surface area contributed by atoms with Gasteiger partial charge in [-0.1, -0.05) is 6.58 Å². The molecule has 1 N–H and O–H groups in total. The summed E-state index contributed by atoms with van der Waals surface area (Å²) in [5, 5.41) is 9.40. The molecular weight excluding hydrogens is 333 g/mol. The molecule has 24 heavy (non-hydrogen) atoms. The van der Waals surface area contributed by atoms with Crippen molar-refractivity contribution >= 4 is 0 Å². The zero-order valence-corrected chi connectivity index (χ0v) is 13.3. The van der Waals surface area contributed by atoms with Gasteiger partial charge < -0.3 is 14.6 Å². The van der Waals surface area contributed by atoms with Crippen LogP contribution in [-0.2, 0) is 6.54 Å². The third-order valence-electron chi connectivity index (χ3n) is 4.07. The Balaban J connectivity index is 1.98. The Morgan fingerprint density at radius 1 is 1.38 bits per heavy atom. The molecule has 1 aliphatic heterocycles. The number of allylic oxidation sites excluding steroid dienone is 1. The molecule has 0 saturated carbocycles. The van der Waals surface area contributed by atoms with Gasteiger partial charge in [0.2, 0.25) is 6.10 Å². The lowest BCUT2D eigenvalue weighted by Gasteiger charge is -2.34. The zero-order valence-electron chi connectivity index (χ0n) is 13.3. The fourth-order valence-corrected chi connectivity index (χ4v) is 2.67. The highest BCUT2D eigenvalue weighted by atomic mass is 19.4. The summed E-state index contributed by atoms with van der Waals surface area (Å²) in [5.74, 6) is -3.14. The molecule has 1 unspecified atom stereocenters. The summed E-state index contributed by atoms with van der Waals surface area (Å²) in [6.07, 6.45) is -6.26. The monoisotopic (exact) mass is 353 g/mol. The number of imidazole rings is 1. The molecule has 0 aliphatic carbocycles. The first-order valence-electron chi connectivity index (χ1n) is 7.58. The summed E-state index contributed by atoms with van der Waals surface area (Å²) in [4.78, 5) is 5.46. The largest absolute Gasteiger partial charge is 0.421 e. The quantitative estimate of drug-likeness (QED) is 0.825.